The molecule has 0 aliphatic rings. The first kappa shape index (κ1) is 38.1. The molecule has 0 aliphatic heterocycles. The zero-order valence-corrected chi connectivity index (χ0v) is 26.1. The molecule has 0 aromatic heterocycles. The van der Waals surface area contributed by atoms with E-state index in [-0.39, 0.29) is 31.6 Å². The fourth-order valence-electron chi connectivity index (χ4n) is 4.03. The molecule has 228 valence electrons. The van der Waals surface area contributed by atoms with Crippen LogP contribution in [-0.4, -0.2) is 45.1 Å². The third-order valence-electron chi connectivity index (χ3n) is 6.28. The van der Waals surface area contributed by atoms with Gasteiger partial charge in [0.25, 0.3) is 0 Å². The first-order chi connectivity index (χ1) is 18.8. The number of ether oxygens (including phenoxy) is 1. The summed E-state index contributed by atoms with van der Waals surface area (Å²) in [4.78, 5) is 9.99. The minimum Gasteiger partial charge on any atom is -0.566 e. The molecule has 0 heterocycles. The van der Waals surface area contributed by atoms with Crippen molar-refractivity contribution in [3.63, 3.8) is 0 Å². The highest BCUT2D eigenvalue weighted by molar-refractivity contribution is 7.89. The molecule has 1 rings (SSSR count). The maximum Gasteiger partial charge on any atom is 0.488 e. The first-order valence-electron chi connectivity index (χ1n) is 14.8. The number of sulfonamides is 1. The smallest absolute Gasteiger partial charge is 0.488 e. The predicted molar refractivity (Wildman–Crippen MR) is 158 cm³/mol. The van der Waals surface area contributed by atoms with Crippen LogP contribution in [0.15, 0.2) is 30.3 Å². The summed E-state index contributed by atoms with van der Waals surface area (Å²) in [6.45, 7) is 5.10. The van der Waals surface area contributed by atoms with Crippen LogP contribution in [-0.2, 0) is 30.5 Å². The van der Waals surface area contributed by atoms with Gasteiger partial charge < -0.3 is 14.7 Å². The summed E-state index contributed by atoms with van der Waals surface area (Å²) in [6, 6.07) is 9.33. The molecular weight excluding hydrogens is 537 g/mol. The van der Waals surface area contributed by atoms with Crippen LogP contribution in [0.5, 0.6) is 0 Å². The molecule has 0 aliphatic carbocycles. The normalized spacial score (nSPS) is 12.6. The van der Waals surface area contributed by atoms with E-state index in [1.807, 2.05) is 30.3 Å². The maximum atomic E-state index is 12.1. The van der Waals surface area contributed by atoms with Gasteiger partial charge >= 0.3 is 8.25 Å². The van der Waals surface area contributed by atoms with Crippen molar-refractivity contribution in [1.29, 1.82) is 0 Å². The van der Waals surface area contributed by atoms with Crippen LogP contribution in [0.25, 0.3) is 0 Å². The van der Waals surface area contributed by atoms with Crippen LogP contribution in [0.3, 0.4) is 0 Å². The monoisotopic (exact) mass is 591 g/mol. The Balaban J connectivity index is 0.000000864. The number of hydrogen-bond donors (Lipinski definition) is 2. The zero-order valence-electron chi connectivity index (χ0n) is 24.4. The largest absolute Gasteiger partial charge is 0.566 e. The minimum atomic E-state index is -3.25. The van der Waals surface area contributed by atoms with E-state index in [2.05, 4.69) is 23.1 Å². The van der Waals surface area contributed by atoms with Crippen LogP contribution in [0.1, 0.15) is 116 Å². The lowest BCUT2D eigenvalue weighted by molar-refractivity contribution is -0.186. The van der Waals surface area contributed by atoms with Gasteiger partial charge in [0, 0.05) is 6.04 Å². The summed E-state index contributed by atoms with van der Waals surface area (Å²) in [7, 11) is -6.00. The Labute approximate surface area is 239 Å². The summed E-state index contributed by atoms with van der Waals surface area (Å²) in [6.07, 6.45) is 17.1. The lowest BCUT2D eigenvalue weighted by Crippen LogP contribution is -2.38. The second-order valence-electron chi connectivity index (χ2n) is 9.94. The van der Waals surface area contributed by atoms with Gasteiger partial charge in [-0.1, -0.05) is 128 Å². The fraction of sp³-hybridized carbons (Fsp3) is 0.793. The van der Waals surface area contributed by atoms with Crippen LogP contribution >= 0.6 is 8.25 Å². The highest BCUT2D eigenvalue weighted by Gasteiger charge is 2.16. The van der Waals surface area contributed by atoms with Gasteiger partial charge in [-0.25, -0.2) is 13.1 Å². The maximum absolute atomic E-state index is 12.1. The highest BCUT2D eigenvalue weighted by Crippen LogP contribution is 2.12. The van der Waals surface area contributed by atoms with Crippen LogP contribution < -0.4 is 9.62 Å². The van der Waals surface area contributed by atoms with Crippen molar-refractivity contribution in [3.8, 4) is 0 Å². The van der Waals surface area contributed by atoms with Crippen molar-refractivity contribution in [2.45, 2.75) is 123 Å². The van der Waals surface area contributed by atoms with Gasteiger partial charge in [0.1, 0.15) is 6.61 Å². The SMILES string of the molecule is CCCCCCCCCCCCS(=O)(=O)NC(CO)CCCCCC.O=[P+]([O-])OCCOCc1ccccc1. The molecule has 8 nitrogen and oxygen atoms in total. The van der Waals surface area contributed by atoms with Gasteiger partial charge in [-0.05, 0) is 23.0 Å². The molecule has 1 aromatic rings. The van der Waals surface area contributed by atoms with Crippen molar-refractivity contribution < 1.29 is 32.2 Å². The molecule has 1 aromatic carbocycles. The molecule has 0 saturated carbocycles. The van der Waals surface area contributed by atoms with E-state index in [0.717, 1.165) is 50.5 Å². The van der Waals surface area contributed by atoms with E-state index in [4.69, 9.17) is 4.74 Å². The van der Waals surface area contributed by atoms with Gasteiger partial charge in [0.2, 0.25) is 10.0 Å². The molecule has 2 unspecified atom stereocenters. The molecule has 0 radical (unpaired) electrons. The third-order valence-corrected chi connectivity index (χ3v) is 8.19. The summed E-state index contributed by atoms with van der Waals surface area (Å²) < 4.78 is 46.4. The number of rotatable bonds is 25. The van der Waals surface area contributed by atoms with Gasteiger partial charge in [0.15, 0.2) is 0 Å². The minimum absolute atomic E-state index is 0.0749. The van der Waals surface area contributed by atoms with Gasteiger partial charge in [-0.2, -0.15) is 0 Å². The van der Waals surface area contributed by atoms with E-state index >= 15 is 0 Å². The molecule has 10 heteroatoms. The topological polar surface area (TPSA) is 125 Å². The number of benzene rings is 1. The van der Waals surface area contributed by atoms with Gasteiger partial charge in [-0.3, -0.25) is 0 Å². The molecule has 2 N–H and O–H groups in total. The summed E-state index contributed by atoms with van der Waals surface area (Å²) in [5.41, 5.74) is 1.05. The molecular formula is C29H54NO7PS. The predicted octanol–water partition coefficient (Wildman–Crippen LogP) is 6.40. The first-order valence-corrected chi connectivity index (χ1v) is 17.6. The van der Waals surface area contributed by atoms with E-state index in [1.54, 1.807) is 0 Å². The van der Waals surface area contributed by atoms with Crippen molar-refractivity contribution in [2.24, 2.45) is 0 Å². The lowest BCUT2D eigenvalue weighted by Gasteiger charge is -2.16. The van der Waals surface area contributed by atoms with Crippen molar-refractivity contribution in [2.75, 3.05) is 25.6 Å². The molecule has 0 saturated heterocycles. The molecule has 0 amide bonds. The van der Waals surface area contributed by atoms with Crippen LogP contribution in [0, 0.1) is 0 Å². The van der Waals surface area contributed by atoms with Crippen molar-refractivity contribution in [1.82, 2.24) is 4.72 Å². The summed E-state index contributed by atoms with van der Waals surface area (Å²) >= 11 is 0. The Kier molecular flexibility index (Phi) is 26.6. The van der Waals surface area contributed by atoms with E-state index in [9.17, 15) is 23.0 Å². The van der Waals surface area contributed by atoms with Gasteiger partial charge in [0.05, 0.1) is 25.6 Å². The summed E-state index contributed by atoms with van der Waals surface area (Å²) in [5, 5.41) is 9.36. The number of hydrogen-bond acceptors (Lipinski definition) is 7. The molecule has 39 heavy (non-hydrogen) atoms. The average molecular weight is 592 g/mol. The van der Waals surface area contributed by atoms with Crippen LogP contribution in [0.4, 0.5) is 0 Å². The third kappa shape index (κ3) is 27.0. The van der Waals surface area contributed by atoms with Crippen LogP contribution in [0.2, 0.25) is 0 Å². The Morgan fingerprint density at radius 3 is 1.92 bits per heavy atom. The van der Waals surface area contributed by atoms with Gasteiger partial charge in [-0.15, -0.1) is 4.52 Å². The molecule has 2 atom stereocenters. The van der Waals surface area contributed by atoms with Crippen molar-refractivity contribution >= 4 is 18.3 Å². The van der Waals surface area contributed by atoms with Crippen molar-refractivity contribution in [3.05, 3.63) is 35.9 Å². The second-order valence-corrected chi connectivity index (χ2v) is 12.5. The Morgan fingerprint density at radius 2 is 1.38 bits per heavy atom. The quantitative estimate of drug-likeness (QED) is 0.0996. The summed E-state index contributed by atoms with van der Waals surface area (Å²) in [5.74, 6) is 0.189. The van der Waals surface area contributed by atoms with E-state index < -0.39 is 18.3 Å². The average Bonchev–Trinajstić information content (AvgIpc) is 2.92. The number of aliphatic hydroxyl groups is 1. The van der Waals surface area contributed by atoms with E-state index in [1.165, 1.54) is 51.4 Å². The Morgan fingerprint density at radius 1 is 0.846 bits per heavy atom. The zero-order chi connectivity index (χ0) is 29.0. The highest BCUT2D eigenvalue weighted by atomic mass is 32.2. The lowest BCUT2D eigenvalue weighted by atomic mass is 10.1. The number of aliphatic hydroxyl groups excluding tert-OH is 1. The second kappa shape index (κ2) is 27.3. The number of unbranched alkanes of at least 4 members (excludes halogenated alkanes) is 12. The Bertz CT molecular complexity index is 781. The Hall–Kier alpha value is -0.930. The fourth-order valence-corrected chi connectivity index (χ4v) is 5.66. The molecule has 0 bridgehead atoms. The van der Waals surface area contributed by atoms with E-state index in [0.29, 0.717) is 6.61 Å². The molecule has 0 fully saturated rings. The molecule has 0 spiro atoms. The standard InChI is InChI=1S/C20H43NO3S.C9H11O4P/c1-3-5-7-9-10-11-12-13-14-16-18-25(23,24)21-20(19-22)17-15-8-6-4-2;10-14(11)13-7-6-12-8-9-4-2-1-3-5-9/h20-22H,3-19H2,1-2H3;1-5H,6-8H2. The number of nitrogens with one attached hydrogen (secondary N) is 1.